The SMILES string of the molecule is CC1(C)OB(c2cccc3c2C(=O)N(C2CCC(=O)NC2=O)C3=O)OC1(C)C. The van der Waals surface area contributed by atoms with Crippen molar-refractivity contribution in [1.29, 1.82) is 0 Å². The molecule has 28 heavy (non-hydrogen) atoms. The molecule has 1 aromatic rings. The first-order valence-electron chi connectivity index (χ1n) is 9.23. The molecule has 0 spiro atoms. The van der Waals surface area contributed by atoms with Gasteiger partial charge in [-0.3, -0.25) is 29.4 Å². The molecule has 3 heterocycles. The summed E-state index contributed by atoms with van der Waals surface area (Å²) in [6.07, 6.45) is 0.190. The monoisotopic (exact) mass is 384 g/mol. The highest BCUT2D eigenvalue weighted by atomic mass is 16.7. The maximum absolute atomic E-state index is 13.2. The largest absolute Gasteiger partial charge is 0.495 e. The molecule has 146 valence electrons. The maximum Gasteiger partial charge on any atom is 0.495 e. The van der Waals surface area contributed by atoms with Crippen LogP contribution >= 0.6 is 0 Å². The summed E-state index contributed by atoms with van der Waals surface area (Å²) in [5, 5.41) is 2.19. The first-order chi connectivity index (χ1) is 13.0. The van der Waals surface area contributed by atoms with Crippen LogP contribution in [0.5, 0.6) is 0 Å². The highest BCUT2D eigenvalue weighted by Gasteiger charge is 2.54. The number of benzene rings is 1. The van der Waals surface area contributed by atoms with Crippen molar-refractivity contribution >= 4 is 36.2 Å². The third-order valence-corrected chi connectivity index (χ3v) is 6.01. The molecule has 2 saturated heterocycles. The summed E-state index contributed by atoms with van der Waals surface area (Å²) in [5.74, 6) is -2.16. The van der Waals surface area contributed by atoms with E-state index in [0.717, 1.165) is 4.90 Å². The van der Waals surface area contributed by atoms with E-state index in [9.17, 15) is 19.2 Å². The van der Waals surface area contributed by atoms with Crippen LogP contribution in [0.2, 0.25) is 0 Å². The van der Waals surface area contributed by atoms with E-state index in [0.29, 0.717) is 5.46 Å². The Hall–Kier alpha value is -2.52. The second-order valence-corrected chi connectivity index (χ2v) is 8.31. The number of rotatable bonds is 2. The third kappa shape index (κ3) is 2.61. The fraction of sp³-hybridized carbons (Fsp3) is 0.474. The van der Waals surface area contributed by atoms with Crippen LogP contribution in [-0.4, -0.2) is 52.9 Å². The van der Waals surface area contributed by atoms with E-state index in [1.54, 1.807) is 18.2 Å². The van der Waals surface area contributed by atoms with E-state index in [1.165, 1.54) is 0 Å². The lowest BCUT2D eigenvalue weighted by atomic mass is 9.75. The van der Waals surface area contributed by atoms with Gasteiger partial charge in [0.1, 0.15) is 6.04 Å². The van der Waals surface area contributed by atoms with Gasteiger partial charge < -0.3 is 9.31 Å². The van der Waals surface area contributed by atoms with Gasteiger partial charge in [0.2, 0.25) is 11.8 Å². The lowest BCUT2D eigenvalue weighted by Crippen LogP contribution is -2.54. The van der Waals surface area contributed by atoms with E-state index in [-0.39, 0.29) is 24.0 Å². The molecule has 9 heteroatoms. The molecule has 0 aromatic heterocycles. The summed E-state index contributed by atoms with van der Waals surface area (Å²) in [6.45, 7) is 7.61. The molecule has 8 nitrogen and oxygen atoms in total. The molecule has 0 saturated carbocycles. The zero-order valence-corrected chi connectivity index (χ0v) is 16.2. The molecule has 0 bridgehead atoms. The molecule has 1 unspecified atom stereocenters. The predicted molar refractivity (Wildman–Crippen MR) is 98.8 cm³/mol. The molecule has 1 atom stereocenters. The number of hydrogen-bond donors (Lipinski definition) is 1. The van der Waals surface area contributed by atoms with Gasteiger partial charge in [0.25, 0.3) is 11.8 Å². The van der Waals surface area contributed by atoms with Crippen molar-refractivity contribution in [3.8, 4) is 0 Å². The smallest absolute Gasteiger partial charge is 0.399 e. The number of carbonyl (C=O) groups excluding carboxylic acids is 4. The van der Waals surface area contributed by atoms with Crippen LogP contribution in [0.4, 0.5) is 0 Å². The zero-order valence-electron chi connectivity index (χ0n) is 16.2. The van der Waals surface area contributed by atoms with Crippen LogP contribution in [0.15, 0.2) is 18.2 Å². The molecule has 1 aromatic carbocycles. The Balaban J connectivity index is 1.71. The van der Waals surface area contributed by atoms with Crippen LogP contribution in [0, 0.1) is 0 Å². The van der Waals surface area contributed by atoms with Gasteiger partial charge in [0.05, 0.1) is 22.3 Å². The van der Waals surface area contributed by atoms with Gasteiger partial charge >= 0.3 is 7.12 Å². The van der Waals surface area contributed by atoms with Crippen LogP contribution < -0.4 is 10.8 Å². The first kappa shape index (κ1) is 18.8. The Morgan fingerprint density at radius 1 is 1.04 bits per heavy atom. The minimum Gasteiger partial charge on any atom is -0.399 e. The average Bonchev–Trinajstić information content (AvgIpc) is 2.98. The van der Waals surface area contributed by atoms with Gasteiger partial charge in [-0.25, -0.2) is 0 Å². The molecular formula is C19H21BN2O6. The van der Waals surface area contributed by atoms with E-state index >= 15 is 0 Å². The van der Waals surface area contributed by atoms with Crippen LogP contribution in [0.3, 0.4) is 0 Å². The van der Waals surface area contributed by atoms with Crippen molar-refractivity contribution in [3.05, 3.63) is 29.3 Å². The third-order valence-electron chi connectivity index (χ3n) is 6.01. The fourth-order valence-corrected chi connectivity index (χ4v) is 3.71. The number of piperidine rings is 1. The second kappa shape index (κ2) is 5.99. The maximum atomic E-state index is 13.2. The fourth-order valence-electron chi connectivity index (χ4n) is 3.71. The minimum atomic E-state index is -1.00. The summed E-state index contributed by atoms with van der Waals surface area (Å²) in [5.41, 5.74) is -0.341. The highest BCUT2D eigenvalue weighted by Crippen LogP contribution is 2.37. The van der Waals surface area contributed by atoms with Crippen molar-refractivity contribution in [2.45, 2.75) is 57.8 Å². The van der Waals surface area contributed by atoms with E-state index in [1.807, 2.05) is 27.7 Å². The normalized spacial score (nSPS) is 25.9. The summed E-state index contributed by atoms with van der Waals surface area (Å²) >= 11 is 0. The molecule has 1 N–H and O–H groups in total. The van der Waals surface area contributed by atoms with Crippen LogP contribution in [0.1, 0.15) is 61.3 Å². The lowest BCUT2D eigenvalue weighted by Gasteiger charge is -2.32. The first-order valence-corrected chi connectivity index (χ1v) is 9.23. The lowest BCUT2D eigenvalue weighted by molar-refractivity contribution is -0.136. The summed E-state index contributed by atoms with van der Waals surface area (Å²) in [7, 11) is -0.807. The number of amides is 4. The van der Waals surface area contributed by atoms with Gasteiger partial charge in [-0.05, 0) is 45.6 Å². The summed E-state index contributed by atoms with van der Waals surface area (Å²) < 4.78 is 12.1. The summed E-state index contributed by atoms with van der Waals surface area (Å²) in [4.78, 5) is 50.7. The molecule has 4 amide bonds. The molecule has 0 radical (unpaired) electrons. The zero-order chi connectivity index (χ0) is 20.4. The molecule has 2 fully saturated rings. The van der Waals surface area contributed by atoms with Crippen molar-refractivity contribution in [2.24, 2.45) is 0 Å². The standard InChI is InChI=1S/C19H21BN2O6/c1-18(2)19(3,4)28-20(27-18)11-7-5-6-10-14(11)17(26)22(16(10)25)12-8-9-13(23)21-15(12)24/h5-7,12H,8-9H2,1-4H3,(H,21,23,24). The Kier molecular flexibility index (Phi) is 4.03. The van der Waals surface area contributed by atoms with E-state index in [2.05, 4.69) is 5.32 Å². The van der Waals surface area contributed by atoms with Crippen molar-refractivity contribution in [2.75, 3.05) is 0 Å². The minimum absolute atomic E-state index is 0.0773. The molecule has 0 aliphatic carbocycles. The quantitative estimate of drug-likeness (QED) is 0.585. The molecular weight excluding hydrogens is 363 g/mol. The molecule has 3 aliphatic rings. The molecule has 3 aliphatic heterocycles. The number of nitrogens with one attached hydrogen (secondary N) is 1. The van der Waals surface area contributed by atoms with E-state index in [4.69, 9.17) is 9.31 Å². The number of fused-ring (bicyclic) bond motifs is 1. The van der Waals surface area contributed by atoms with Crippen LogP contribution in [0.25, 0.3) is 0 Å². The van der Waals surface area contributed by atoms with E-state index < -0.39 is 48.0 Å². The number of carbonyl (C=O) groups is 4. The second-order valence-electron chi connectivity index (χ2n) is 8.31. The van der Waals surface area contributed by atoms with Gasteiger partial charge in [-0.15, -0.1) is 0 Å². The Morgan fingerprint density at radius 3 is 2.29 bits per heavy atom. The number of imide groups is 2. The van der Waals surface area contributed by atoms with Crippen molar-refractivity contribution < 1.29 is 28.5 Å². The van der Waals surface area contributed by atoms with Gasteiger partial charge in [-0.2, -0.15) is 0 Å². The number of hydrogen-bond acceptors (Lipinski definition) is 6. The Morgan fingerprint density at radius 2 is 1.68 bits per heavy atom. The topological polar surface area (TPSA) is 102 Å². The summed E-state index contributed by atoms with van der Waals surface area (Å²) in [6, 6.07) is 3.91. The predicted octanol–water partition coefficient (Wildman–Crippen LogP) is 0.387. The molecule has 4 rings (SSSR count). The van der Waals surface area contributed by atoms with Crippen molar-refractivity contribution in [3.63, 3.8) is 0 Å². The van der Waals surface area contributed by atoms with Crippen LogP contribution in [-0.2, 0) is 18.9 Å². The highest BCUT2D eigenvalue weighted by molar-refractivity contribution is 6.64. The Bertz CT molecular complexity index is 909. The number of nitrogens with zero attached hydrogens (tertiary/aromatic N) is 1. The average molecular weight is 384 g/mol. The van der Waals surface area contributed by atoms with Gasteiger partial charge in [0, 0.05) is 6.42 Å². The van der Waals surface area contributed by atoms with Crippen molar-refractivity contribution in [1.82, 2.24) is 10.2 Å². The van der Waals surface area contributed by atoms with Gasteiger partial charge in [-0.1, -0.05) is 12.1 Å². The van der Waals surface area contributed by atoms with Gasteiger partial charge in [0.15, 0.2) is 0 Å². The Labute approximate surface area is 162 Å².